The van der Waals surface area contributed by atoms with E-state index in [-0.39, 0.29) is 5.91 Å². The summed E-state index contributed by atoms with van der Waals surface area (Å²) >= 11 is 1.66. The Morgan fingerprint density at radius 3 is 2.92 bits per heavy atom. The van der Waals surface area contributed by atoms with Gasteiger partial charge in [0.15, 0.2) is 0 Å². The number of hydrogen-bond acceptors (Lipinski definition) is 3. The molecule has 2 heterocycles. The van der Waals surface area contributed by atoms with E-state index in [4.69, 9.17) is 0 Å². The van der Waals surface area contributed by atoms with Crippen molar-refractivity contribution in [2.45, 2.75) is 25.8 Å². The second kappa shape index (κ2) is 6.24. The molecule has 122 valence electrons. The third-order valence-electron chi connectivity index (χ3n) is 4.38. The quantitative estimate of drug-likeness (QED) is 0.728. The smallest absolute Gasteiger partial charge is 0.263 e. The van der Waals surface area contributed by atoms with Crippen LogP contribution in [0, 0.1) is 0 Å². The van der Waals surface area contributed by atoms with Gasteiger partial charge < -0.3 is 4.90 Å². The van der Waals surface area contributed by atoms with Gasteiger partial charge in [0.05, 0.1) is 16.8 Å². The third kappa shape index (κ3) is 2.87. The summed E-state index contributed by atoms with van der Waals surface area (Å²) in [4.78, 5) is 16.7. The standard InChI is InChI=1S/C19H19N3OS/c1-21(19(23)18-10-15-6-5-9-17(15)24-18)12-14-11-20-22(13-14)16-7-3-2-4-8-16/h2-4,7-8,10-11,13H,5-6,9,12H2,1H3. The minimum Gasteiger partial charge on any atom is -0.337 e. The average Bonchev–Trinajstić information content (AvgIpc) is 3.30. The lowest BCUT2D eigenvalue weighted by molar-refractivity contribution is 0.0790. The number of amides is 1. The van der Waals surface area contributed by atoms with Gasteiger partial charge in [0.2, 0.25) is 0 Å². The fourth-order valence-corrected chi connectivity index (χ4v) is 4.38. The molecule has 1 aliphatic carbocycles. The zero-order valence-corrected chi connectivity index (χ0v) is 14.4. The molecule has 4 nitrogen and oxygen atoms in total. The summed E-state index contributed by atoms with van der Waals surface area (Å²) in [7, 11) is 1.85. The highest BCUT2D eigenvalue weighted by atomic mass is 32.1. The topological polar surface area (TPSA) is 38.1 Å². The van der Waals surface area contributed by atoms with Crippen molar-refractivity contribution in [3.8, 4) is 5.69 Å². The van der Waals surface area contributed by atoms with E-state index >= 15 is 0 Å². The molecular weight excluding hydrogens is 318 g/mol. The number of carbonyl (C=O) groups is 1. The minimum absolute atomic E-state index is 0.0989. The summed E-state index contributed by atoms with van der Waals surface area (Å²) in [6.07, 6.45) is 7.27. The van der Waals surface area contributed by atoms with Crippen molar-refractivity contribution in [1.29, 1.82) is 0 Å². The van der Waals surface area contributed by atoms with Gasteiger partial charge in [0.25, 0.3) is 5.91 Å². The molecule has 1 amide bonds. The van der Waals surface area contributed by atoms with Gasteiger partial charge in [-0.1, -0.05) is 18.2 Å². The molecule has 0 aliphatic heterocycles. The van der Waals surface area contributed by atoms with Crippen molar-refractivity contribution in [3.05, 3.63) is 69.7 Å². The fraction of sp³-hybridized carbons (Fsp3) is 0.263. The first-order valence-corrected chi connectivity index (χ1v) is 8.98. The second-order valence-electron chi connectivity index (χ2n) is 6.20. The number of hydrogen-bond donors (Lipinski definition) is 0. The molecule has 4 rings (SSSR count). The molecular formula is C19H19N3OS. The lowest BCUT2D eigenvalue weighted by Crippen LogP contribution is -2.25. The summed E-state index contributed by atoms with van der Waals surface area (Å²) in [5.74, 6) is 0.0989. The Bertz CT molecular complexity index is 844. The van der Waals surface area contributed by atoms with Crippen LogP contribution in [0.25, 0.3) is 5.69 Å². The zero-order valence-electron chi connectivity index (χ0n) is 13.6. The van der Waals surface area contributed by atoms with Gasteiger partial charge in [0.1, 0.15) is 0 Å². The molecule has 3 aromatic rings. The van der Waals surface area contributed by atoms with Crippen molar-refractivity contribution in [2.24, 2.45) is 0 Å². The molecule has 5 heteroatoms. The number of benzene rings is 1. The number of para-hydroxylation sites is 1. The van der Waals surface area contributed by atoms with Crippen LogP contribution in [0.5, 0.6) is 0 Å². The minimum atomic E-state index is 0.0989. The molecule has 0 bridgehead atoms. The zero-order chi connectivity index (χ0) is 16.5. The van der Waals surface area contributed by atoms with E-state index in [1.54, 1.807) is 16.2 Å². The van der Waals surface area contributed by atoms with Crippen molar-refractivity contribution < 1.29 is 4.79 Å². The summed E-state index contributed by atoms with van der Waals surface area (Å²) < 4.78 is 1.84. The molecule has 1 aliphatic rings. The lowest BCUT2D eigenvalue weighted by Gasteiger charge is -2.15. The van der Waals surface area contributed by atoms with Crippen LogP contribution in [-0.2, 0) is 19.4 Å². The van der Waals surface area contributed by atoms with E-state index in [2.05, 4.69) is 11.2 Å². The SMILES string of the molecule is CN(Cc1cnn(-c2ccccc2)c1)C(=O)c1cc2c(s1)CCC2. The summed E-state index contributed by atoms with van der Waals surface area (Å²) in [5, 5.41) is 4.39. The Morgan fingerprint density at radius 1 is 1.29 bits per heavy atom. The van der Waals surface area contributed by atoms with Crippen LogP contribution in [0.4, 0.5) is 0 Å². The predicted molar refractivity (Wildman–Crippen MR) is 95.7 cm³/mol. The summed E-state index contributed by atoms with van der Waals surface area (Å²) in [6, 6.07) is 12.1. The van der Waals surface area contributed by atoms with Gasteiger partial charge in [0, 0.05) is 30.2 Å². The first kappa shape index (κ1) is 15.1. The molecule has 0 spiro atoms. The number of nitrogens with zero attached hydrogens (tertiary/aromatic N) is 3. The first-order chi connectivity index (χ1) is 11.7. The average molecular weight is 337 g/mol. The number of thiophene rings is 1. The van der Waals surface area contributed by atoms with Crippen LogP contribution in [0.15, 0.2) is 48.8 Å². The fourth-order valence-electron chi connectivity index (χ4n) is 3.13. The molecule has 0 saturated carbocycles. The number of aryl methyl sites for hydroxylation is 2. The van der Waals surface area contributed by atoms with E-state index in [9.17, 15) is 4.79 Å². The molecule has 0 unspecified atom stereocenters. The van der Waals surface area contributed by atoms with Gasteiger partial charge in [-0.25, -0.2) is 4.68 Å². The van der Waals surface area contributed by atoms with E-state index in [0.717, 1.165) is 29.0 Å². The van der Waals surface area contributed by atoms with Crippen LogP contribution in [0.2, 0.25) is 0 Å². The Kier molecular flexibility index (Phi) is 3.94. The first-order valence-electron chi connectivity index (χ1n) is 8.17. The molecule has 0 atom stereocenters. The van der Waals surface area contributed by atoms with Gasteiger partial charge in [-0.3, -0.25) is 4.79 Å². The maximum absolute atomic E-state index is 12.6. The number of fused-ring (bicyclic) bond motifs is 1. The highest BCUT2D eigenvalue weighted by molar-refractivity contribution is 7.14. The largest absolute Gasteiger partial charge is 0.337 e. The molecule has 0 saturated heterocycles. The second-order valence-corrected chi connectivity index (χ2v) is 7.34. The predicted octanol–water partition coefficient (Wildman–Crippen LogP) is 3.69. The highest BCUT2D eigenvalue weighted by Gasteiger charge is 2.21. The van der Waals surface area contributed by atoms with Gasteiger partial charge in [-0.05, 0) is 43.0 Å². The third-order valence-corrected chi connectivity index (χ3v) is 5.61. The van der Waals surface area contributed by atoms with Gasteiger partial charge in [-0.2, -0.15) is 5.10 Å². The normalized spacial score (nSPS) is 13.0. The van der Waals surface area contributed by atoms with Crippen molar-refractivity contribution in [1.82, 2.24) is 14.7 Å². The Balaban J connectivity index is 1.46. The Labute approximate surface area is 145 Å². The van der Waals surface area contributed by atoms with E-state index < -0.39 is 0 Å². The van der Waals surface area contributed by atoms with Crippen molar-refractivity contribution in [3.63, 3.8) is 0 Å². The van der Waals surface area contributed by atoms with Crippen LogP contribution in [0.3, 0.4) is 0 Å². The monoisotopic (exact) mass is 337 g/mol. The van der Waals surface area contributed by atoms with E-state index in [1.807, 2.05) is 54.5 Å². The molecule has 2 aromatic heterocycles. The molecule has 0 radical (unpaired) electrons. The number of carbonyl (C=O) groups excluding carboxylic acids is 1. The van der Waals surface area contributed by atoms with E-state index in [1.165, 1.54) is 16.9 Å². The number of aromatic nitrogens is 2. The maximum Gasteiger partial charge on any atom is 0.263 e. The molecule has 0 fully saturated rings. The van der Waals surface area contributed by atoms with Gasteiger partial charge >= 0.3 is 0 Å². The molecule has 0 N–H and O–H groups in total. The Hall–Kier alpha value is -2.40. The maximum atomic E-state index is 12.6. The van der Waals surface area contributed by atoms with Crippen LogP contribution in [0.1, 0.15) is 32.1 Å². The highest BCUT2D eigenvalue weighted by Crippen LogP contribution is 2.31. The lowest BCUT2D eigenvalue weighted by atomic mass is 10.2. The van der Waals surface area contributed by atoms with Crippen molar-refractivity contribution in [2.75, 3.05) is 7.05 Å². The van der Waals surface area contributed by atoms with Crippen molar-refractivity contribution >= 4 is 17.2 Å². The molecule has 1 aromatic carbocycles. The van der Waals surface area contributed by atoms with Crippen LogP contribution < -0.4 is 0 Å². The number of rotatable bonds is 4. The van der Waals surface area contributed by atoms with Gasteiger partial charge in [-0.15, -0.1) is 11.3 Å². The molecule has 24 heavy (non-hydrogen) atoms. The van der Waals surface area contributed by atoms with Crippen LogP contribution >= 0.6 is 11.3 Å². The van der Waals surface area contributed by atoms with Crippen LogP contribution in [-0.4, -0.2) is 27.6 Å². The van der Waals surface area contributed by atoms with E-state index in [0.29, 0.717) is 6.54 Å². The summed E-state index contributed by atoms with van der Waals surface area (Å²) in [5.41, 5.74) is 3.42. The summed E-state index contributed by atoms with van der Waals surface area (Å²) in [6.45, 7) is 0.564. The Morgan fingerprint density at radius 2 is 2.12 bits per heavy atom.